The van der Waals surface area contributed by atoms with Crippen LogP contribution in [0.5, 0.6) is 0 Å². The molecule has 0 unspecified atom stereocenters. The monoisotopic (exact) mass is 471 g/mol. The number of hydrogen-bond donors (Lipinski definition) is 1. The summed E-state index contributed by atoms with van der Waals surface area (Å²) < 4.78 is 23.0. The van der Waals surface area contributed by atoms with E-state index in [0.29, 0.717) is 24.4 Å². The summed E-state index contributed by atoms with van der Waals surface area (Å²) in [6.07, 6.45) is 0.777. The number of carbonyl (C=O) groups is 2. The molecule has 1 N–H and O–H groups in total. The van der Waals surface area contributed by atoms with Gasteiger partial charge in [-0.3, -0.25) is 14.5 Å². The molecule has 34 heavy (non-hydrogen) atoms. The van der Waals surface area contributed by atoms with Gasteiger partial charge in [0.1, 0.15) is 6.04 Å². The predicted octanol–water partition coefficient (Wildman–Crippen LogP) is 2.37. The van der Waals surface area contributed by atoms with Crippen molar-refractivity contribution in [3.05, 3.63) is 47.4 Å². The molecule has 0 aliphatic carbocycles. The minimum Gasteiger partial charge on any atom is -0.482 e. The first kappa shape index (κ1) is 24.4. The molecule has 3 aliphatic rings. The number of ether oxygens (including phenoxy) is 4. The molecule has 0 aromatic heterocycles. The molecule has 2 amide bonds. The van der Waals surface area contributed by atoms with Crippen LogP contribution in [0.2, 0.25) is 0 Å². The molecule has 184 valence electrons. The Kier molecular flexibility index (Phi) is 7.06. The number of carbonyl (C=O) groups excluding carboxylic acids is 2. The van der Waals surface area contributed by atoms with E-state index in [0.717, 1.165) is 12.0 Å². The first-order chi connectivity index (χ1) is 16.4. The maximum atomic E-state index is 14.3. The molecule has 1 aromatic rings. The minimum absolute atomic E-state index is 0.0199. The molecule has 1 fully saturated rings. The Bertz CT molecular complexity index is 980. The molecular formula is C25H33N3O6. The number of hydrogen-bond acceptors (Lipinski definition) is 7. The fraction of sp³-hybridized carbons (Fsp3) is 0.560. The number of benzene rings is 1. The van der Waals surface area contributed by atoms with Crippen molar-refractivity contribution in [3.8, 4) is 0 Å². The highest BCUT2D eigenvalue weighted by atomic mass is 16.7. The summed E-state index contributed by atoms with van der Waals surface area (Å²) in [6, 6.07) is 8.83. The van der Waals surface area contributed by atoms with Crippen LogP contribution in [0.4, 0.5) is 0 Å². The van der Waals surface area contributed by atoms with Gasteiger partial charge in [-0.2, -0.15) is 4.99 Å². The van der Waals surface area contributed by atoms with E-state index in [9.17, 15) is 9.59 Å². The van der Waals surface area contributed by atoms with Crippen molar-refractivity contribution in [3.63, 3.8) is 0 Å². The number of methoxy groups -OCH3 is 3. The van der Waals surface area contributed by atoms with E-state index >= 15 is 0 Å². The van der Waals surface area contributed by atoms with E-state index in [-0.39, 0.29) is 30.2 Å². The summed E-state index contributed by atoms with van der Waals surface area (Å²) in [6.45, 7) is 4.02. The Balaban J connectivity index is 1.87. The second-order valence-electron chi connectivity index (χ2n) is 8.95. The maximum Gasteiger partial charge on any atom is 0.271 e. The smallest absolute Gasteiger partial charge is 0.271 e. The lowest BCUT2D eigenvalue weighted by atomic mass is 9.86. The van der Waals surface area contributed by atoms with Crippen LogP contribution in [0.25, 0.3) is 0 Å². The maximum absolute atomic E-state index is 14.3. The van der Waals surface area contributed by atoms with E-state index < -0.39 is 23.8 Å². The van der Waals surface area contributed by atoms with Crippen molar-refractivity contribution in [2.75, 3.05) is 21.3 Å². The van der Waals surface area contributed by atoms with E-state index in [2.05, 4.69) is 5.32 Å². The average Bonchev–Trinajstić information content (AvgIpc) is 2.87. The lowest BCUT2D eigenvalue weighted by Gasteiger charge is -2.49. The molecule has 1 aromatic carbocycles. The van der Waals surface area contributed by atoms with E-state index in [1.807, 2.05) is 44.2 Å². The molecule has 3 heterocycles. The second-order valence-corrected chi connectivity index (χ2v) is 8.95. The standard InChI is InChI=1S/C25H33N3O6/c1-6-15(2)20-21-27-23(33-5)25(14-17(31-3)13-19(32-4)34-25)24(30)28(21)18(22(29)26-20)12-16-10-8-7-9-11-16/h7-11,15,17-19H,6,12-14H2,1-5H3,(H,26,29)/t15-,17+,18+,19-,25+/m0/s1. The zero-order valence-corrected chi connectivity index (χ0v) is 20.4. The van der Waals surface area contributed by atoms with Crippen molar-refractivity contribution in [2.45, 2.75) is 63.6 Å². The molecule has 9 nitrogen and oxygen atoms in total. The number of fused-ring (bicyclic) bond motifs is 1. The topological polar surface area (TPSA) is 98.7 Å². The Morgan fingerprint density at radius 3 is 2.56 bits per heavy atom. The van der Waals surface area contributed by atoms with Gasteiger partial charge < -0.3 is 24.3 Å². The van der Waals surface area contributed by atoms with Gasteiger partial charge in [0.2, 0.25) is 17.4 Å². The first-order valence-electron chi connectivity index (χ1n) is 11.7. The highest BCUT2D eigenvalue weighted by molar-refractivity contribution is 6.13. The van der Waals surface area contributed by atoms with Crippen LogP contribution in [0.1, 0.15) is 38.7 Å². The summed E-state index contributed by atoms with van der Waals surface area (Å²) in [4.78, 5) is 34.0. The van der Waals surface area contributed by atoms with Gasteiger partial charge in [-0.15, -0.1) is 0 Å². The molecule has 9 heteroatoms. The van der Waals surface area contributed by atoms with Crippen LogP contribution in [0, 0.1) is 5.92 Å². The lowest BCUT2D eigenvalue weighted by Crippen LogP contribution is -2.68. The number of aliphatic imine (C=N–C) groups is 1. The zero-order chi connectivity index (χ0) is 24.5. The van der Waals surface area contributed by atoms with Crippen molar-refractivity contribution >= 4 is 17.7 Å². The van der Waals surface area contributed by atoms with E-state index in [1.165, 1.54) is 19.1 Å². The average molecular weight is 472 g/mol. The van der Waals surface area contributed by atoms with Gasteiger partial charge >= 0.3 is 0 Å². The molecule has 5 atom stereocenters. The van der Waals surface area contributed by atoms with Crippen LogP contribution < -0.4 is 5.32 Å². The predicted molar refractivity (Wildman–Crippen MR) is 124 cm³/mol. The zero-order valence-electron chi connectivity index (χ0n) is 20.4. The Morgan fingerprint density at radius 1 is 1.21 bits per heavy atom. The highest BCUT2D eigenvalue weighted by Crippen LogP contribution is 2.41. The number of allylic oxidation sites excluding steroid dienone is 1. The number of nitrogens with zero attached hydrogens (tertiary/aromatic N) is 2. The van der Waals surface area contributed by atoms with Gasteiger partial charge in [-0.05, 0) is 17.9 Å². The molecule has 0 radical (unpaired) electrons. The van der Waals surface area contributed by atoms with Gasteiger partial charge in [-0.1, -0.05) is 44.2 Å². The fourth-order valence-electron chi connectivity index (χ4n) is 4.81. The Morgan fingerprint density at radius 2 is 1.94 bits per heavy atom. The minimum atomic E-state index is -1.55. The highest BCUT2D eigenvalue weighted by Gasteiger charge is 2.60. The normalized spacial score (nSPS) is 30.1. The van der Waals surface area contributed by atoms with Gasteiger partial charge in [-0.25, -0.2) is 0 Å². The molecule has 0 saturated carbocycles. The number of rotatable bonds is 6. The van der Waals surface area contributed by atoms with E-state index in [4.69, 9.17) is 23.9 Å². The van der Waals surface area contributed by atoms with Gasteiger partial charge in [0.05, 0.1) is 18.9 Å². The summed E-state index contributed by atoms with van der Waals surface area (Å²) in [5.41, 5.74) is -0.00580. The third kappa shape index (κ3) is 4.12. The van der Waals surface area contributed by atoms with Crippen LogP contribution in [-0.4, -0.2) is 68.0 Å². The Labute approximate surface area is 200 Å². The van der Waals surface area contributed by atoms with Crippen molar-refractivity contribution in [1.29, 1.82) is 0 Å². The molecule has 1 spiro atoms. The SMILES string of the molecule is CC[C@H](C)C1=C2N=C(OC)[C@]3(C[C@H](OC)C[C@@H](OC)O3)C(=O)N2[C@H](Cc2ccccc2)C(=O)N1. The van der Waals surface area contributed by atoms with Gasteiger partial charge in [0, 0.05) is 33.5 Å². The van der Waals surface area contributed by atoms with Crippen LogP contribution in [0.3, 0.4) is 0 Å². The molecule has 1 saturated heterocycles. The van der Waals surface area contributed by atoms with Gasteiger partial charge in [0.15, 0.2) is 12.1 Å². The molecule has 3 aliphatic heterocycles. The van der Waals surface area contributed by atoms with Crippen LogP contribution in [-0.2, 0) is 35.0 Å². The molecule has 0 bridgehead atoms. The summed E-state index contributed by atoms with van der Waals surface area (Å²) in [5, 5.41) is 3.03. The van der Waals surface area contributed by atoms with Crippen molar-refractivity contribution in [1.82, 2.24) is 10.2 Å². The summed E-state index contributed by atoms with van der Waals surface area (Å²) in [5.74, 6) is -0.115. The second kappa shape index (κ2) is 9.85. The summed E-state index contributed by atoms with van der Waals surface area (Å²) >= 11 is 0. The Hall–Kier alpha value is -2.75. The van der Waals surface area contributed by atoms with Crippen LogP contribution >= 0.6 is 0 Å². The van der Waals surface area contributed by atoms with Crippen molar-refractivity contribution < 1.29 is 28.5 Å². The van der Waals surface area contributed by atoms with Gasteiger partial charge in [0.25, 0.3) is 5.91 Å². The summed E-state index contributed by atoms with van der Waals surface area (Å²) in [7, 11) is 4.58. The third-order valence-electron chi connectivity index (χ3n) is 6.93. The largest absolute Gasteiger partial charge is 0.482 e. The number of amides is 2. The number of nitrogens with one attached hydrogen (secondary N) is 1. The molecule has 4 rings (SSSR count). The van der Waals surface area contributed by atoms with E-state index in [1.54, 1.807) is 7.11 Å². The quantitative estimate of drug-likeness (QED) is 0.684. The van der Waals surface area contributed by atoms with Crippen LogP contribution in [0.15, 0.2) is 46.8 Å². The third-order valence-corrected chi connectivity index (χ3v) is 6.93. The fourth-order valence-corrected chi connectivity index (χ4v) is 4.81. The molecular weight excluding hydrogens is 438 g/mol. The van der Waals surface area contributed by atoms with Crippen molar-refractivity contribution in [2.24, 2.45) is 10.9 Å². The first-order valence-corrected chi connectivity index (χ1v) is 11.7. The lowest BCUT2D eigenvalue weighted by molar-refractivity contribution is -0.234.